The summed E-state index contributed by atoms with van der Waals surface area (Å²) in [5.41, 5.74) is 9.98. The average molecular weight is 595 g/mol. The maximum atomic E-state index is 12.6. The van der Waals surface area contributed by atoms with Crippen LogP contribution in [0.4, 0.5) is 0 Å². The van der Waals surface area contributed by atoms with Gasteiger partial charge in [0.2, 0.25) is 5.88 Å². The van der Waals surface area contributed by atoms with Crippen LogP contribution < -0.4 is 24.7 Å². The van der Waals surface area contributed by atoms with Crippen LogP contribution in [0.5, 0.6) is 23.0 Å². The van der Waals surface area contributed by atoms with Gasteiger partial charge in [-0.2, -0.15) is 5.26 Å². The van der Waals surface area contributed by atoms with E-state index in [1.54, 1.807) is 18.2 Å². The first kappa shape index (κ1) is 29.6. The molecule has 2 N–H and O–H groups in total. The van der Waals surface area contributed by atoms with Gasteiger partial charge in [-0.05, 0) is 52.9 Å². The Morgan fingerprint density at radius 1 is 0.930 bits per heavy atom. The van der Waals surface area contributed by atoms with E-state index < -0.39 is 11.9 Å². The van der Waals surface area contributed by atoms with E-state index in [0.29, 0.717) is 27.8 Å². The number of nitrogens with two attached hydrogens (primary N) is 1. The zero-order chi connectivity index (χ0) is 30.6. The van der Waals surface area contributed by atoms with Crippen molar-refractivity contribution in [3.8, 4) is 29.1 Å². The monoisotopic (exact) mass is 594 g/mol. The molecule has 218 valence electrons. The molecule has 1 aliphatic heterocycles. The zero-order valence-corrected chi connectivity index (χ0v) is 24.9. The van der Waals surface area contributed by atoms with E-state index in [-0.39, 0.29) is 35.8 Å². The molecule has 1 aliphatic rings. The summed E-state index contributed by atoms with van der Waals surface area (Å²) < 4.78 is 22.9. The molecule has 0 saturated heterocycles. The van der Waals surface area contributed by atoms with E-state index in [0.717, 1.165) is 11.1 Å². The summed E-state index contributed by atoms with van der Waals surface area (Å²) in [6, 6.07) is 29.7. The lowest BCUT2D eigenvalue weighted by atomic mass is 9.83. The Balaban J connectivity index is 1.30. The average Bonchev–Trinajstić information content (AvgIpc) is 2.99. The number of halogens is 1. The second kappa shape index (κ2) is 12.5. The van der Waals surface area contributed by atoms with Crippen molar-refractivity contribution in [2.24, 2.45) is 5.73 Å². The first-order chi connectivity index (χ1) is 20.6. The standard InChI is InChI=1S/C35H31ClN2O5/c1-35(2,3)24-11-13-25(14-12-24)41-21-32(39)42-27-15-16-28-31(18-27)43-34(38)29(19-37)33(28)22-8-6-9-26(17-22)40-20-23-7-4-5-10-30(23)36/h4-18,33H,20-21,38H2,1-3H3. The van der Waals surface area contributed by atoms with E-state index in [1.165, 1.54) is 5.56 Å². The predicted octanol–water partition coefficient (Wildman–Crippen LogP) is 7.42. The van der Waals surface area contributed by atoms with Crippen LogP contribution in [0, 0.1) is 11.3 Å². The quantitative estimate of drug-likeness (QED) is 0.167. The highest BCUT2D eigenvalue weighted by Gasteiger charge is 2.31. The van der Waals surface area contributed by atoms with Crippen molar-refractivity contribution >= 4 is 17.6 Å². The number of nitriles is 1. The highest BCUT2D eigenvalue weighted by molar-refractivity contribution is 6.31. The molecule has 0 fully saturated rings. The molecule has 0 amide bonds. The molecule has 1 unspecified atom stereocenters. The van der Waals surface area contributed by atoms with Crippen LogP contribution in [-0.2, 0) is 16.8 Å². The van der Waals surface area contributed by atoms with Crippen molar-refractivity contribution in [2.75, 3.05) is 6.61 Å². The largest absolute Gasteiger partial charge is 0.489 e. The smallest absolute Gasteiger partial charge is 0.349 e. The third kappa shape index (κ3) is 6.94. The van der Waals surface area contributed by atoms with Crippen LogP contribution in [0.25, 0.3) is 0 Å². The molecule has 5 rings (SSSR count). The number of rotatable bonds is 8. The minimum atomic E-state index is -0.572. The van der Waals surface area contributed by atoms with Crippen LogP contribution in [0.3, 0.4) is 0 Å². The fourth-order valence-electron chi connectivity index (χ4n) is 4.76. The number of carbonyl (C=O) groups is 1. The highest BCUT2D eigenvalue weighted by Crippen LogP contribution is 2.44. The van der Waals surface area contributed by atoms with Crippen LogP contribution in [0.1, 0.15) is 48.9 Å². The second-order valence-electron chi connectivity index (χ2n) is 11.1. The number of allylic oxidation sites excluding steroid dienone is 1. The molecule has 43 heavy (non-hydrogen) atoms. The van der Waals surface area contributed by atoms with Gasteiger partial charge in [-0.25, -0.2) is 4.79 Å². The minimum Gasteiger partial charge on any atom is -0.489 e. The van der Waals surface area contributed by atoms with Gasteiger partial charge in [0.15, 0.2) is 6.61 Å². The summed E-state index contributed by atoms with van der Waals surface area (Å²) in [6.07, 6.45) is 0. The molecule has 0 spiro atoms. The van der Waals surface area contributed by atoms with Crippen molar-refractivity contribution in [2.45, 2.75) is 38.7 Å². The third-order valence-corrected chi connectivity index (χ3v) is 7.41. The lowest BCUT2D eigenvalue weighted by Gasteiger charge is -2.27. The number of esters is 1. The molecule has 7 nitrogen and oxygen atoms in total. The maximum absolute atomic E-state index is 12.6. The number of hydrogen-bond acceptors (Lipinski definition) is 7. The van der Waals surface area contributed by atoms with Crippen molar-refractivity contribution in [3.05, 3.63) is 130 Å². The Hall–Kier alpha value is -4.93. The molecule has 0 radical (unpaired) electrons. The minimum absolute atomic E-state index is 0.0192. The van der Waals surface area contributed by atoms with Crippen LogP contribution in [0.15, 0.2) is 102 Å². The fourth-order valence-corrected chi connectivity index (χ4v) is 4.95. The van der Waals surface area contributed by atoms with Gasteiger partial charge in [-0.3, -0.25) is 0 Å². The first-order valence-electron chi connectivity index (χ1n) is 13.7. The van der Waals surface area contributed by atoms with E-state index in [1.807, 2.05) is 72.8 Å². The normalized spacial score (nSPS) is 14.3. The molecular weight excluding hydrogens is 564 g/mol. The van der Waals surface area contributed by atoms with E-state index in [4.69, 9.17) is 36.3 Å². The zero-order valence-electron chi connectivity index (χ0n) is 24.1. The number of ether oxygens (including phenoxy) is 4. The van der Waals surface area contributed by atoms with Gasteiger partial charge >= 0.3 is 5.97 Å². The fraction of sp³-hybridized carbons (Fsp3) is 0.200. The summed E-state index contributed by atoms with van der Waals surface area (Å²) in [4.78, 5) is 12.6. The molecule has 0 aliphatic carbocycles. The van der Waals surface area contributed by atoms with Crippen molar-refractivity contribution in [3.63, 3.8) is 0 Å². The Bertz CT molecular complexity index is 1720. The molecule has 4 aromatic rings. The van der Waals surface area contributed by atoms with Gasteiger partial charge in [-0.1, -0.05) is 80.9 Å². The molecule has 4 aromatic carbocycles. The van der Waals surface area contributed by atoms with Crippen molar-refractivity contribution in [1.82, 2.24) is 0 Å². The molecule has 0 saturated carbocycles. The van der Waals surface area contributed by atoms with Crippen molar-refractivity contribution < 1.29 is 23.7 Å². The summed E-state index contributed by atoms with van der Waals surface area (Å²) in [7, 11) is 0. The molecule has 0 bridgehead atoms. The second-order valence-corrected chi connectivity index (χ2v) is 11.5. The number of fused-ring (bicyclic) bond motifs is 1. The molecule has 1 heterocycles. The van der Waals surface area contributed by atoms with Crippen molar-refractivity contribution in [1.29, 1.82) is 5.26 Å². The number of benzene rings is 4. The molecule has 1 atom stereocenters. The number of nitrogens with zero attached hydrogens (tertiary/aromatic N) is 1. The first-order valence-corrected chi connectivity index (χ1v) is 14.1. The van der Waals surface area contributed by atoms with Crippen LogP contribution >= 0.6 is 11.6 Å². The van der Waals surface area contributed by atoms with Crippen LogP contribution in [-0.4, -0.2) is 12.6 Å². The van der Waals surface area contributed by atoms with Gasteiger partial charge < -0.3 is 24.7 Å². The lowest BCUT2D eigenvalue weighted by Crippen LogP contribution is -2.21. The van der Waals surface area contributed by atoms with E-state index in [2.05, 4.69) is 26.8 Å². The number of hydrogen-bond donors (Lipinski definition) is 1. The topological polar surface area (TPSA) is 104 Å². The summed E-state index contributed by atoms with van der Waals surface area (Å²) in [6.45, 7) is 6.41. The summed E-state index contributed by atoms with van der Waals surface area (Å²) in [5.74, 6) is 0.722. The Kier molecular flexibility index (Phi) is 8.61. The molecular formula is C35H31ClN2O5. The van der Waals surface area contributed by atoms with Gasteiger partial charge in [-0.15, -0.1) is 0 Å². The van der Waals surface area contributed by atoms with Gasteiger partial charge in [0, 0.05) is 22.2 Å². The summed E-state index contributed by atoms with van der Waals surface area (Å²) >= 11 is 6.27. The third-order valence-electron chi connectivity index (χ3n) is 7.04. The van der Waals surface area contributed by atoms with E-state index >= 15 is 0 Å². The van der Waals surface area contributed by atoms with Gasteiger partial charge in [0.25, 0.3) is 0 Å². The molecule has 0 aromatic heterocycles. The predicted molar refractivity (Wildman–Crippen MR) is 164 cm³/mol. The van der Waals surface area contributed by atoms with Gasteiger partial charge in [0.05, 0.1) is 5.92 Å². The molecule has 8 heteroatoms. The van der Waals surface area contributed by atoms with E-state index in [9.17, 15) is 10.1 Å². The lowest BCUT2D eigenvalue weighted by molar-refractivity contribution is -0.136. The Morgan fingerprint density at radius 2 is 1.67 bits per heavy atom. The maximum Gasteiger partial charge on any atom is 0.349 e. The number of carbonyl (C=O) groups excluding carboxylic acids is 1. The van der Waals surface area contributed by atoms with Crippen LogP contribution in [0.2, 0.25) is 5.02 Å². The summed E-state index contributed by atoms with van der Waals surface area (Å²) in [5, 5.41) is 10.6. The Morgan fingerprint density at radius 3 is 2.40 bits per heavy atom. The highest BCUT2D eigenvalue weighted by atomic mass is 35.5. The Labute approximate surface area is 256 Å². The SMILES string of the molecule is CC(C)(C)c1ccc(OCC(=O)Oc2ccc3c(c2)OC(N)=C(C#N)C3c2cccc(OCc3ccccc3Cl)c2)cc1. The van der Waals surface area contributed by atoms with Gasteiger partial charge in [0.1, 0.15) is 41.2 Å².